The van der Waals surface area contributed by atoms with Crippen LogP contribution in [-0.4, -0.2) is 36.0 Å². The van der Waals surface area contributed by atoms with Gasteiger partial charge in [-0.3, -0.25) is 9.59 Å². The van der Waals surface area contributed by atoms with Gasteiger partial charge in [-0.15, -0.1) is 0 Å². The Morgan fingerprint density at radius 2 is 2.04 bits per heavy atom. The summed E-state index contributed by atoms with van der Waals surface area (Å²) in [6, 6.07) is 6.36. The lowest BCUT2D eigenvalue weighted by atomic mass is 9.81. The molecule has 0 N–H and O–H groups in total. The van der Waals surface area contributed by atoms with Gasteiger partial charge in [0, 0.05) is 17.6 Å². The molecule has 134 valence electrons. The minimum Gasteiger partial charge on any atom is -0.455 e. The van der Waals surface area contributed by atoms with Gasteiger partial charge >= 0.3 is 5.97 Å². The van der Waals surface area contributed by atoms with E-state index in [-0.39, 0.29) is 17.0 Å². The largest absolute Gasteiger partial charge is 0.455 e. The zero-order valence-electron chi connectivity index (χ0n) is 14.1. The van der Waals surface area contributed by atoms with Crippen molar-refractivity contribution < 1.29 is 18.7 Å². The van der Waals surface area contributed by atoms with Gasteiger partial charge in [-0.25, -0.2) is 4.39 Å². The molecule has 5 nitrogen and oxygen atoms in total. The molecule has 0 aliphatic heterocycles. The minimum absolute atomic E-state index is 0.0377. The van der Waals surface area contributed by atoms with E-state index in [4.69, 9.17) is 16.3 Å². The quantitative estimate of drug-likeness (QED) is 0.750. The van der Waals surface area contributed by atoms with Crippen molar-refractivity contribution in [1.29, 1.82) is 5.26 Å². The molecule has 0 saturated heterocycles. The van der Waals surface area contributed by atoms with Crippen LogP contribution in [0.15, 0.2) is 18.2 Å². The van der Waals surface area contributed by atoms with E-state index >= 15 is 0 Å². The van der Waals surface area contributed by atoms with Gasteiger partial charge in [-0.2, -0.15) is 5.26 Å². The number of rotatable bonds is 5. The Kier molecular flexibility index (Phi) is 6.38. The summed E-state index contributed by atoms with van der Waals surface area (Å²) in [4.78, 5) is 25.6. The molecule has 0 radical (unpaired) electrons. The molecule has 0 spiro atoms. The first-order valence-electron chi connectivity index (χ1n) is 8.16. The summed E-state index contributed by atoms with van der Waals surface area (Å²) in [5.41, 5.74) is -0.799. The number of carbonyl (C=O) groups excluding carboxylic acids is 2. The van der Waals surface area contributed by atoms with E-state index in [0.29, 0.717) is 12.8 Å². The predicted octanol–water partition coefficient (Wildman–Crippen LogP) is 3.25. The second-order valence-corrected chi connectivity index (χ2v) is 6.60. The Bertz CT molecular complexity index is 676. The van der Waals surface area contributed by atoms with Crippen LogP contribution >= 0.6 is 11.6 Å². The van der Waals surface area contributed by atoms with Gasteiger partial charge in [-0.05, 0) is 25.0 Å². The first-order chi connectivity index (χ1) is 11.9. The summed E-state index contributed by atoms with van der Waals surface area (Å²) in [6.45, 7) is -0.481. The van der Waals surface area contributed by atoms with E-state index in [1.807, 2.05) is 0 Å². The second kappa shape index (κ2) is 8.30. The third kappa shape index (κ3) is 4.49. The lowest BCUT2D eigenvalue weighted by molar-refractivity contribution is -0.153. The van der Waals surface area contributed by atoms with Gasteiger partial charge < -0.3 is 9.64 Å². The maximum atomic E-state index is 13.7. The van der Waals surface area contributed by atoms with Crippen LogP contribution in [-0.2, 0) is 20.7 Å². The topological polar surface area (TPSA) is 70.4 Å². The number of benzene rings is 1. The van der Waals surface area contributed by atoms with Gasteiger partial charge in [-0.1, -0.05) is 36.9 Å². The molecule has 1 fully saturated rings. The number of hydrogen-bond acceptors (Lipinski definition) is 4. The van der Waals surface area contributed by atoms with E-state index in [9.17, 15) is 19.2 Å². The Hall–Kier alpha value is -2.13. The van der Waals surface area contributed by atoms with E-state index in [0.717, 1.165) is 19.3 Å². The maximum Gasteiger partial charge on any atom is 0.310 e. The highest BCUT2D eigenvalue weighted by Crippen LogP contribution is 2.32. The number of hydrogen-bond donors (Lipinski definition) is 0. The average Bonchev–Trinajstić information content (AvgIpc) is 2.62. The first kappa shape index (κ1) is 19.2. The van der Waals surface area contributed by atoms with Crippen molar-refractivity contribution in [3.05, 3.63) is 34.6 Å². The van der Waals surface area contributed by atoms with Crippen LogP contribution in [0.25, 0.3) is 0 Å². The zero-order chi connectivity index (χ0) is 18.4. The molecular weight excluding hydrogens is 347 g/mol. The Labute approximate surface area is 151 Å². The standard InChI is InChI=1S/C18H20ClFN2O3/c1-22(18(12-21)8-3-2-4-9-18)16(23)11-25-17(24)10-13-14(19)6-5-7-15(13)20/h5-7H,2-4,8-11H2,1H3. The molecule has 0 unspecified atom stereocenters. The van der Waals surface area contributed by atoms with Crippen LogP contribution in [0, 0.1) is 17.1 Å². The highest BCUT2D eigenvalue weighted by atomic mass is 35.5. The molecule has 25 heavy (non-hydrogen) atoms. The van der Waals surface area contributed by atoms with Crippen molar-refractivity contribution in [2.75, 3.05) is 13.7 Å². The fraction of sp³-hybridized carbons (Fsp3) is 0.500. The summed E-state index contributed by atoms with van der Waals surface area (Å²) in [6.07, 6.45) is 3.69. The van der Waals surface area contributed by atoms with Crippen LogP contribution < -0.4 is 0 Å². The van der Waals surface area contributed by atoms with Crippen LogP contribution in [0.1, 0.15) is 37.7 Å². The van der Waals surface area contributed by atoms with Gasteiger partial charge in [0.05, 0.1) is 12.5 Å². The van der Waals surface area contributed by atoms with Gasteiger partial charge in [0.2, 0.25) is 0 Å². The number of ether oxygens (including phenoxy) is 1. The van der Waals surface area contributed by atoms with Crippen LogP contribution in [0.5, 0.6) is 0 Å². The fourth-order valence-electron chi connectivity index (χ4n) is 3.03. The normalized spacial score (nSPS) is 15.9. The molecule has 2 rings (SSSR count). The molecule has 1 aliphatic rings. The SMILES string of the molecule is CN(C(=O)COC(=O)Cc1c(F)cccc1Cl)C1(C#N)CCCCC1. The number of nitrogens with zero attached hydrogens (tertiary/aromatic N) is 2. The molecule has 1 saturated carbocycles. The van der Waals surface area contributed by atoms with Crippen molar-refractivity contribution in [2.24, 2.45) is 0 Å². The average molecular weight is 367 g/mol. The molecule has 7 heteroatoms. The molecular formula is C18H20ClFN2O3. The summed E-state index contributed by atoms with van der Waals surface area (Å²) in [7, 11) is 1.55. The van der Waals surface area contributed by atoms with Crippen molar-refractivity contribution >= 4 is 23.5 Å². The minimum atomic E-state index is -0.837. The number of nitriles is 1. The van der Waals surface area contributed by atoms with Gasteiger partial charge in [0.25, 0.3) is 5.91 Å². The van der Waals surface area contributed by atoms with Gasteiger partial charge in [0.1, 0.15) is 11.4 Å². The van der Waals surface area contributed by atoms with Crippen molar-refractivity contribution in [3.63, 3.8) is 0 Å². The molecule has 1 aromatic carbocycles. The van der Waals surface area contributed by atoms with Crippen molar-refractivity contribution in [1.82, 2.24) is 4.90 Å². The molecule has 0 atom stereocenters. The summed E-state index contributed by atoms with van der Waals surface area (Å²) >= 11 is 5.87. The molecule has 1 aromatic rings. The van der Waals surface area contributed by atoms with Crippen molar-refractivity contribution in [3.8, 4) is 6.07 Å². The second-order valence-electron chi connectivity index (χ2n) is 6.19. The number of amides is 1. The lowest BCUT2D eigenvalue weighted by Crippen LogP contribution is -2.51. The lowest BCUT2D eigenvalue weighted by Gasteiger charge is -2.38. The molecule has 0 heterocycles. The van der Waals surface area contributed by atoms with Crippen LogP contribution in [0.3, 0.4) is 0 Å². The van der Waals surface area contributed by atoms with E-state index < -0.39 is 29.8 Å². The summed E-state index contributed by atoms with van der Waals surface area (Å²) in [5.74, 6) is -1.79. The van der Waals surface area contributed by atoms with Crippen molar-refractivity contribution in [2.45, 2.75) is 44.1 Å². The zero-order valence-corrected chi connectivity index (χ0v) is 14.8. The molecule has 1 amide bonds. The predicted molar refractivity (Wildman–Crippen MR) is 90.3 cm³/mol. The Morgan fingerprint density at radius 3 is 2.64 bits per heavy atom. The van der Waals surface area contributed by atoms with Crippen LogP contribution in [0.2, 0.25) is 5.02 Å². The smallest absolute Gasteiger partial charge is 0.310 e. The Morgan fingerprint density at radius 1 is 1.36 bits per heavy atom. The molecule has 0 aromatic heterocycles. The third-order valence-corrected chi connectivity index (χ3v) is 5.00. The number of esters is 1. The molecule has 1 aliphatic carbocycles. The summed E-state index contributed by atoms with van der Waals surface area (Å²) < 4.78 is 18.6. The highest BCUT2D eigenvalue weighted by Gasteiger charge is 2.39. The third-order valence-electron chi connectivity index (χ3n) is 4.64. The monoisotopic (exact) mass is 366 g/mol. The fourth-order valence-corrected chi connectivity index (χ4v) is 3.26. The van der Waals surface area contributed by atoms with Gasteiger partial charge in [0.15, 0.2) is 6.61 Å². The first-order valence-corrected chi connectivity index (χ1v) is 8.54. The van der Waals surface area contributed by atoms with E-state index in [2.05, 4.69) is 6.07 Å². The molecule has 0 bridgehead atoms. The van der Waals surface area contributed by atoms with Crippen LogP contribution in [0.4, 0.5) is 4.39 Å². The maximum absolute atomic E-state index is 13.7. The van der Waals surface area contributed by atoms with E-state index in [1.54, 1.807) is 7.05 Å². The van der Waals surface area contributed by atoms with E-state index in [1.165, 1.54) is 23.1 Å². The number of likely N-dealkylation sites (N-methyl/N-ethyl adjacent to an activating group) is 1. The number of carbonyl (C=O) groups is 2. The summed E-state index contributed by atoms with van der Waals surface area (Å²) in [5, 5.41) is 9.62. The number of halogens is 2. The highest BCUT2D eigenvalue weighted by molar-refractivity contribution is 6.31. The Balaban J connectivity index is 1.93.